The molecule has 1 aliphatic carbocycles. The van der Waals surface area contributed by atoms with Crippen LogP contribution in [0.15, 0.2) is 35.5 Å². The highest BCUT2D eigenvalue weighted by Crippen LogP contribution is 2.52. The molecule has 2 fully saturated rings. The molecule has 1 aromatic heterocycles. The Morgan fingerprint density at radius 2 is 2.00 bits per heavy atom. The Morgan fingerprint density at radius 3 is 2.79 bits per heavy atom. The molecule has 1 aliphatic heterocycles. The number of aromatic amines is 1. The van der Waals surface area contributed by atoms with Crippen LogP contribution in [0.25, 0.3) is 10.9 Å². The van der Waals surface area contributed by atoms with Crippen LogP contribution < -0.4 is 5.32 Å². The van der Waals surface area contributed by atoms with Crippen LogP contribution in [0.4, 0.5) is 0 Å². The fraction of sp³-hybridized carbons (Fsp3) is 0.550. The molecular weight excluding hydrogens is 314 g/mol. The summed E-state index contributed by atoms with van der Waals surface area (Å²) < 4.78 is 0.321. The summed E-state index contributed by atoms with van der Waals surface area (Å²) in [6.07, 6.45) is 7.27. The first-order valence-corrected chi connectivity index (χ1v) is 9.87. The molecule has 2 aromatic rings. The van der Waals surface area contributed by atoms with Gasteiger partial charge in [-0.15, -0.1) is 0 Å². The van der Waals surface area contributed by atoms with E-state index in [9.17, 15) is 0 Å². The fourth-order valence-corrected chi connectivity index (χ4v) is 5.65. The number of hydrogen-bond donors (Lipinski definition) is 2. The second-order valence-electron chi connectivity index (χ2n) is 8.05. The molecule has 3 nitrogen and oxygen atoms in total. The standard InChI is InChI=1S/C20H27N3S/c1-14-6-9-20(10-7-14)19(2,3)23-18(24-20)22-13-15-4-5-16-8-11-21-17(16)12-15/h4-5,8,11-12,14,21H,6-7,9-10,13H2,1-3H3,(H,22,23). The van der Waals surface area contributed by atoms with Crippen LogP contribution >= 0.6 is 11.8 Å². The molecule has 1 spiro atoms. The molecule has 0 amide bonds. The van der Waals surface area contributed by atoms with Crippen molar-refractivity contribution in [2.45, 2.75) is 63.3 Å². The van der Waals surface area contributed by atoms with E-state index in [0.29, 0.717) is 4.75 Å². The van der Waals surface area contributed by atoms with Gasteiger partial charge in [0.05, 0.1) is 6.54 Å². The largest absolute Gasteiger partial charge is 0.361 e. The van der Waals surface area contributed by atoms with Gasteiger partial charge in [0.25, 0.3) is 0 Å². The second-order valence-corrected chi connectivity index (χ2v) is 9.42. The predicted molar refractivity (Wildman–Crippen MR) is 105 cm³/mol. The van der Waals surface area contributed by atoms with Crippen LogP contribution in [-0.4, -0.2) is 20.4 Å². The molecule has 128 valence electrons. The molecule has 4 heteroatoms. The van der Waals surface area contributed by atoms with Crippen molar-refractivity contribution in [2.75, 3.05) is 0 Å². The number of aromatic nitrogens is 1. The lowest BCUT2D eigenvalue weighted by Gasteiger charge is -2.43. The highest BCUT2D eigenvalue weighted by molar-refractivity contribution is 8.15. The Balaban J connectivity index is 1.51. The van der Waals surface area contributed by atoms with E-state index < -0.39 is 0 Å². The average Bonchev–Trinajstić information content (AvgIpc) is 3.10. The van der Waals surface area contributed by atoms with Crippen molar-refractivity contribution < 1.29 is 0 Å². The lowest BCUT2D eigenvalue weighted by atomic mass is 9.73. The van der Waals surface area contributed by atoms with Crippen LogP contribution in [-0.2, 0) is 6.54 Å². The maximum atomic E-state index is 4.90. The summed E-state index contributed by atoms with van der Waals surface area (Å²) >= 11 is 2.00. The molecule has 2 heterocycles. The van der Waals surface area contributed by atoms with Gasteiger partial charge in [0, 0.05) is 22.0 Å². The molecule has 0 atom stereocenters. The Bertz CT molecular complexity index is 766. The first kappa shape index (κ1) is 16.1. The molecule has 2 N–H and O–H groups in total. The molecule has 2 aliphatic rings. The van der Waals surface area contributed by atoms with Gasteiger partial charge in [0.2, 0.25) is 0 Å². The van der Waals surface area contributed by atoms with E-state index in [2.05, 4.69) is 55.3 Å². The van der Waals surface area contributed by atoms with E-state index in [1.165, 1.54) is 42.1 Å². The summed E-state index contributed by atoms with van der Waals surface area (Å²) in [6, 6.07) is 8.67. The van der Waals surface area contributed by atoms with E-state index in [1.54, 1.807) is 0 Å². The maximum absolute atomic E-state index is 4.90. The van der Waals surface area contributed by atoms with Crippen LogP contribution in [0, 0.1) is 5.92 Å². The van der Waals surface area contributed by atoms with E-state index in [1.807, 2.05) is 18.0 Å². The van der Waals surface area contributed by atoms with E-state index in [4.69, 9.17) is 4.99 Å². The molecule has 4 rings (SSSR count). The lowest BCUT2D eigenvalue weighted by Crippen LogP contribution is -2.52. The molecule has 0 bridgehead atoms. The summed E-state index contributed by atoms with van der Waals surface area (Å²) in [5.41, 5.74) is 2.58. The monoisotopic (exact) mass is 341 g/mol. The third-order valence-electron chi connectivity index (χ3n) is 5.96. The number of nitrogens with zero attached hydrogens (tertiary/aromatic N) is 1. The van der Waals surface area contributed by atoms with Gasteiger partial charge in [-0.2, -0.15) is 0 Å². The van der Waals surface area contributed by atoms with Crippen LogP contribution in [0.3, 0.4) is 0 Å². The van der Waals surface area contributed by atoms with Gasteiger partial charge in [0.1, 0.15) is 0 Å². The van der Waals surface area contributed by atoms with E-state index in [-0.39, 0.29) is 5.54 Å². The van der Waals surface area contributed by atoms with Crippen molar-refractivity contribution in [1.82, 2.24) is 10.3 Å². The van der Waals surface area contributed by atoms with Crippen molar-refractivity contribution >= 4 is 27.8 Å². The molecule has 1 aromatic carbocycles. The van der Waals surface area contributed by atoms with E-state index in [0.717, 1.165) is 17.6 Å². The highest BCUT2D eigenvalue weighted by Gasteiger charge is 2.53. The zero-order chi connectivity index (χ0) is 16.8. The SMILES string of the molecule is CC1CCC2(CC1)SC(=NCc1ccc3cc[nH]c3c1)NC2(C)C. The van der Waals surface area contributed by atoms with Crippen molar-refractivity contribution in [2.24, 2.45) is 10.9 Å². The third kappa shape index (κ3) is 2.75. The Hall–Kier alpha value is -1.42. The number of amidine groups is 1. The lowest BCUT2D eigenvalue weighted by molar-refractivity contribution is 0.231. The van der Waals surface area contributed by atoms with Gasteiger partial charge in [-0.3, -0.25) is 4.99 Å². The quantitative estimate of drug-likeness (QED) is 0.799. The molecule has 24 heavy (non-hydrogen) atoms. The topological polar surface area (TPSA) is 40.2 Å². The average molecular weight is 342 g/mol. The van der Waals surface area contributed by atoms with Gasteiger partial charge in [-0.05, 0) is 68.5 Å². The molecule has 0 radical (unpaired) electrons. The number of nitrogens with one attached hydrogen (secondary N) is 2. The van der Waals surface area contributed by atoms with Gasteiger partial charge in [-0.25, -0.2) is 0 Å². The minimum atomic E-state index is 0.125. The van der Waals surface area contributed by atoms with E-state index >= 15 is 0 Å². The predicted octanol–water partition coefficient (Wildman–Crippen LogP) is 5.09. The van der Waals surface area contributed by atoms with Gasteiger partial charge >= 0.3 is 0 Å². The van der Waals surface area contributed by atoms with Crippen molar-refractivity contribution in [1.29, 1.82) is 0 Å². The normalized spacial score (nSPS) is 31.0. The summed E-state index contributed by atoms with van der Waals surface area (Å²) in [7, 11) is 0. The third-order valence-corrected chi connectivity index (χ3v) is 7.69. The van der Waals surface area contributed by atoms with Crippen molar-refractivity contribution in [3.8, 4) is 0 Å². The number of benzene rings is 1. The fourth-order valence-electron chi connectivity index (χ4n) is 4.10. The van der Waals surface area contributed by atoms with Gasteiger partial charge < -0.3 is 10.3 Å². The first-order valence-electron chi connectivity index (χ1n) is 9.05. The number of aliphatic imine (C=N–C) groups is 1. The first-order chi connectivity index (χ1) is 11.5. The molecule has 0 unspecified atom stereocenters. The smallest absolute Gasteiger partial charge is 0.157 e. The van der Waals surface area contributed by atoms with Crippen LogP contribution in [0.5, 0.6) is 0 Å². The minimum Gasteiger partial charge on any atom is -0.361 e. The van der Waals surface area contributed by atoms with Crippen LogP contribution in [0.1, 0.15) is 52.0 Å². The Labute approximate surface area is 148 Å². The Kier molecular flexibility index (Phi) is 3.91. The number of fused-ring (bicyclic) bond motifs is 1. The molecule has 1 saturated carbocycles. The maximum Gasteiger partial charge on any atom is 0.157 e. The minimum absolute atomic E-state index is 0.125. The number of hydrogen-bond acceptors (Lipinski definition) is 2. The zero-order valence-corrected chi connectivity index (χ0v) is 15.7. The summed E-state index contributed by atoms with van der Waals surface area (Å²) in [5.74, 6) is 0.875. The zero-order valence-electron chi connectivity index (χ0n) is 14.9. The summed E-state index contributed by atoms with van der Waals surface area (Å²) in [5, 5.41) is 6.10. The molecule has 1 saturated heterocycles. The number of thioether (sulfide) groups is 1. The van der Waals surface area contributed by atoms with Crippen molar-refractivity contribution in [3.63, 3.8) is 0 Å². The highest BCUT2D eigenvalue weighted by atomic mass is 32.2. The summed E-state index contributed by atoms with van der Waals surface area (Å²) in [4.78, 5) is 8.19. The second kappa shape index (κ2) is 5.83. The van der Waals surface area contributed by atoms with Gasteiger partial charge in [-0.1, -0.05) is 30.8 Å². The van der Waals surface area contributed by atoms with Gasteiger partial charge in [0.15, 0.2) is 5.17 Å². The number of H-pyrrole nitrogens is 1. The van der Waals surface area contributed by atoms with Crippen molar-refractivity contribution in [3.05, 3.63) is 36.0 Å². The summed E-state index contributed by atoms with van der Waals surface area (Å²) in [6.45, 7) is 7.83. The van der Waals surface area contributed by atoms with Crippen LogP contribution in [0.2, 0.25) is 0 Å². The molecular formula is C20H27N3S. The Morgan fingerprint density at radius 1 is 1.21 bits per heavy atom. The number of rotatable bonds is 2.